The zero-order valence-electron chi connectivity index (χ0n) is 79.3. The van der Waals surface area contributed by atoms with Crippen LogP contribution in [0.5, 0.6) is 5.75 Å². The maximum atomic E-state index is 8.63. The monoisotopic (exact) mass is 2250 g/mol. The van der Waals surface area contributed by atoms with E-state index in [2.05, 4.69) is 114 Å². The van der Waals surface area contributed by atoms with E-state index in [1.165, 1.54) is 5.40 Å². The number of phenolic OH excluding ortho intramolecular Hbond substituents is 1. The largest absolute Gasteiger partial charge is 2.00 e. The van der Waals surface area contributed by atoms with Gasteiger partial charge in [0, 0.05) is 70.2 Å². The maximum Gasteiger partial charge on any atom is 2.00 e. The minimum absolute atomic E-state index is 0. The average molecular weight is 2250 g/mol. The first kappa shape index (κ1) is 124. The van der Waals surface area contributed by atoms with Crippen molar-refractivity contribution >= 4 is 42.7 Å². The van der Waals surface area contributed by atoms with Crippen molar-refractivity contribution in [2.24, 2.45) is 0 Å². The van der Waals surface area contributed by atoms with E-state index >= 15 is 0 Å². The summed E-state index contributed by atoms with van der Waals surface area (Å²) < 4.78 is 0. The van der Waals surface area contributed by atoms with Crippen LogP contribution in [0.15, 0.2) is 527 Å². The van der Waals surface area contributed by atoms with Crippen LogP contribution < -0.4 is 0 Å². The molecule has 0 fully saturated rings. The molecule has 0 radical (unpaired) electrons. The number of nitriles is 2. The standard InChI is InChI=1S/6C16H11N2.C12H10N.C6H6O.C6H6S.CHNO.CNO.CHNS.6Ni/c6*1-2-7-13(8-3-1)14-10-6-11-16(18-14)15-9-4-5-12-17-15;1-3-7-11(8-4-1)13-12-9-5-2-6-10-12;2*7-6-4-2-1-3-5-6;3*2-1-3;;;;;;/h6*1-7,9-12H;1-10H;2*1-5,7H;3H;;3H;;;;;;/q7*-1;;;;-1;;;;4*+2/p-2. The minimum atomic E-state index is 0. The number of para-hydroxylation sites is 3. The first-order chi connectivity index (χ1) is 71.1. The second-order valence-corrected chi connectivity index (χ2v) is 29.8. The first-order valence-corrected chi connectivity index (χ1v) is 45.4. The molecule has 0 spiro atoms. The molecule has 150 heavy (non-hydrogen) atoms. The van der Waals surface area contributed by atoms with Gasteiger partial charge in [-0.05, 0) is 162 Å². The summed E-state index contributed by atoms with van der Waals surface area (Å²) in [5, 5.41) is 42.1. The second-order valence-electron chi connectivity index (χ2n) is 29.1. The van der Waals surface area contributed by atoms with Crippen molar-refractivity contribution in [1.82, 2.24) is 59.8 Å². The third-order valence-corrected chi connectivity index (χ3v) is 19.5. The fourth-order valence-electron chi connectivity index (χ4n) is 12.8. The average Bonchev–Trinajstić information content (AvgIpc) is 0.853. The zero-order valence-corrected chi connectivity index (χ0v) is 86.9. The number of rotatable bonds is 14. The van der Waals surface area contributed by atoms with E-state index in [1.54, 1.807) is 61.4 Å². The Morgan fingerprint density at radius 2 is 0.393 bits per heavy atom. The Hall–Kier alpha value is -16.8. The number of benzene rings is 10. The molecule has 27 heteroatoms. The summed E-state index contributed by atoms with van der Waals surface area (Å²) in [5.41, 5.74) is 24.0. The molecule has 0 bridgehead atoms. The molecule has 0 amide bonds. The molecule has 12 heterocycles. The van der Waals surface area contributed by atoms with Crippen molar-refractivity contribution in [3.8, 4) is 153 Å². The summed E-state index contributed by atoms with van der Waals surface area (Å²) >= 11 is 8.51. The van der Waals surface area contributed by atoms with Gasteiger partial charge in [-0.3, -0.25) is 64.6 Å². The number of pyridine rings is 12. The van der Waals surface area contributed by atoms with E-state index in [4.69, 9.17) is 43.6 Å². The quantitative estimate of drug-likeness (QED) is 0.0255. The molecular weight excluding hydrogens is 2170 g/mol. The van der Waals surface area contributed by atoms with Gasteiger partial charge in [-0.25, -0.2) is 5.26 Å². The van der Waals surface area contributed by atoms with Crippen LogP contribution in [-0.4, -0.2) is 76.1 Å². The third-order valence-electron chi connectivity index (χ3n) is 19.2. The molecule has 0 saturated carbocycles. The Bertz CT molecular complexity index is 6150. The van der Waals surface area contributed by atoms with Crippen molar-refractivity contribution in [3.63, 3.8) is 0 Å². The predicted molar refractivity (Wildman–Crippen MR) is 576 cm³/mol. The van der Waals surface area contributed by atoms with Crippen LogP contribution in [0.2, 0.25) is 0 Å². The third kappa shape index (κ3) is 44.6. The molecule has 22 rings (SSSR count). The van der Waals surface area contributed by atoms with Crippen molar-refractivity contribution in [3.05, 3.63) is 570 Å². The number of isocyanates is 1. The van der Waals surface area contributed by atoms with Crippen LogP contribution in [-0.2, 0) is 129 Å². The van der Waals surface area contributed by atoms with Crippen molar-refractivity contribution < 1.29 is 114 Å². The van der Waals surface area contributed by atoms with Gasteiger partial charge in [-0.15, -0.1) is 227 Å². The van der Waals surface area contributed by atoms with Gasteiger partial charge >= 0.3 is 66.0 Å². The Balaban J connectivity index is 0.000000295. The van der Waals surface area contributed by atoms with Crippen LogP contribution in [0.3, 0.4) is 0 Å². The van der Waals surface area contributed by atoms with Gasteiger partial charge in [0.1, 0.15) is 5.75 Å². The van der Waals surface area contributed by atoms with E-state index in [-0.39, 0.29) is 98.9 Å². The van der Waals surface area contributed by atoms with E-state index in [0.29, 0.717) is 11.8 Å². The molecule has 19 nitrogen and oxygen atoms in total. The van der Waals surface area contributed by atoms with Gasteiger partial charge < -0.3 is 46.2 Å². The van der Waals surface area contributed by atoms with Gasteiger partial charge in [-0.1, -0.05) is 224 Å². The molecule has 0 unspecified atom stereocenters. The minimum Gasteiger partial charge on any atom is -0.780 e. The molecule has 12 aromatic heterocycles. The fraction of sp³-hybridized carbons (Fsp3) is 0. The smallest absolute Gasteiger partial charge is 0.780 e. The summed E-state index contributed by atoms with van der Waals surface area (Å²) in [6, 6.07) is 175. The number of aromatic hydroxyl groups is 1. The van der Waals surface area contributed by atoms with Crippen LogP contribution in [0.25, 0.3) is 147 Å². The predicted octanol–water partition coefficient (Wildman–Crippen LogP) is 28.4. The van der Waals surface area contributed by atoms with Gasteiger partial charge in [0.15, 0.2) is 0 Å². The number of aromatic nitrogens is 12. The molecule has 0 atom stereocenters. The number of thiocyanates is 1. The van der Waals surface area contributed by atoms with Crippen LogP contribution in [0, 0.1) is 58.6 Å². The summed E-state index contributed by atoms with van der Waals surface area (Å²) in [5.74, 6) is 0.322. The van der Waals surface area contributed by atoms with Gasteiger partial charge in [0.05, 0.1) is 68.3 Å². The van der Waals surface area contributed by atoms with E-state index in [1.807, 2.05) is 461 Å². The van der Waals surface area contributed by atoms with Crippen LogP contribution >= 0.6 is 0 Å². The Morgan fingerprint density at radius 1 is 0.240 bits per heavy atom. The van der Waals surface area contributed by atoms with E-state index in [0.717, 1.165) is 158 Å². The molecule has 0 aliphatic heterocycles. The van der Waals surface area contributed by atoms with Crippen molar-refractivity contribution in [1.29, 1.82) is 10.5 Å². The number of carbonyl (C=O) groups excluding carboxylic acids is 1. The molecule has 0 saturated heterocycles. The summed E-state index contributed by atoms with van der Waals surface area (Å²) in [7, 11) is 0. The number of hydrogen-bond acceptors (Lipinski definition) is 19. The normalized spacial score (nSPS) is 9.13. The van der Waals surface area contributed by atoms with E-state index < -0.39 is 0 Å². The number of aliphatic hydroxyl groups excluding tert-OH is 1. The van der Waals surface area contributed by atoms with Gasteiger partial charge in [0.2, 0.25) is 0 Å². The molecule has 0 aliphatic carbocycles. The molecule has 0 aliphatic rings. The topological polar surface area (TPSA) is 296 Å². The molecular formula is C123H88N16Ni6O3S2-2. The first-order valence-electron chi connectivity index (χ1n) is 44.6. The molecule has 10 aromatic carbocycles. The van der Waals surface area contributed by atoms with Crippen molar-refractivity contribution in [2.75, 3.05) is 0 Å². The summed E-state index contributed by atoms with van der Waals surface area (Å²) in [4.78, 5) is 62.7. The Labute approximate surface area is 946 Å². The van der Waals surface area contributed by atoms with E-state index in [9.17, 15) is 0 Å². The Kier molecular flexibility index (Phi) is 61.1. The summed E-state index contributed by atoms with van der Waals surface area (Å²) in [6.07, 6.45) is 11.9. The number of aliphatic hydroxyl groups is 1. The van der Waals surface area contributed by atoms with Crippen molar-refractivity contribution in [2.45, 2.75) is 4.90 Å². The molecule has 22 aromatic rings. The molecule has 752 valence electrons. The SMILES string of the molecule is N#CO.N#C[S-].Oc1ccccc1.[N-]=C=O.[Ni+2].[Ni+2].[Ni+2].[Ni+2].[Ni].[Ni].[S-]c1ccccc1.[c-]1ccccc1-c1cccc(-c2ccccn2)n1.[c-]1ccccc1-c1cccc(-c2ccccn2)n1.[c-]1ccccc1-c1cccc(-c2ccccn2)n1.[c-]1ccccc1-c1cccc(-c2ccccn2)n1.[c-]1ccccc1-c1cccc(-c2ccccn2)n1.[c-]1ccccc1-c1cccc(-c2ccccn2)n1.c1ccc([N-]c2ccccc2)cc1. The summed E-state index contributed by atoms with van der Waals surface area (Å²) in [6.45, 7) is 0. The number of nitrogens with zero attached hydrogens (tertiary/aromatic N) is 16. The molecule has 2 N–H and O–H groups in total. The fourth-order valence-corrected chi connectivity index (χ4v) is 12.9. The van der Waals surface area contributed by atoms with Crippen LogP contribution in [0.4, 0.5) is 11.4 Å². The van der Waals surface area contributed by atoms with Gasteiger partial charge in [0.25, 0.3) is 6.26 Å². The second kappa shape index (κ2) is 74.1. The number of hydrogen-bond donors (Lipinski definition) is 2. The maximum absolute atomic E-state index is 8.63. The van der Waals surface area contributed by atoms with Crippen LogP contribution in [0.1, 0.15) is 0 Å². The number of phenols is 1. The zero-order chi connectivity index (χ0) is 101. The Morgan fingerprint density at radius 3 is 0.533 bits per heavy atom. The van der Waals surface area contributed by atoms with Gasteiger partial charge in [-0.2, -0.15) is 10.2 Å².